The Hall–Kier alpha value is 0.140. The Kier molecular flexibility index (Phi) is 5.07. The van der Waals surface area contributed by atoms with Gasteiger partial charge < -0.3 is 5.32 Å². The monoisotopic (exact) mass is 315 g/mol. The van der Waals surface area contributed by atoms with Crippen molar-refractivity contribution in [3.8, 4) is 0 Å². The van der Waals surface area contributed by atoms with Crippen molar-refractivity contribution in [2.75, 3.05) is 0 Å². The van der Waals surface area contributed by atoms with E-state index in [1.54, 1.807) is 0 Å². The Morgan fingerprint density at radius 2 is 2.00 bits per heavy atom. The Morgan fingerprint density at radius 1 is 1.29 bits per heavy atom. The van der Waals surface area contributed by atoms with Crippen molar-refractivity contribution in [1.29, 1.82) is 0 Å². The average Bonchev–Trinajstić information content (AvgIpc) is 2.77. The molecule has 0 spiro atoms. The lowest BCUT2D eigenvalue weighted by molar-refractivity contribution is 0.269. The van der Waals surface area contributed by atoms with Crippen molar-refractivity contribution >= 4 is 27.3 Å². The van der Waals surface area contributed by atoms with E-state index in [1.165, 1.54) is 41.5 Å². The number of halogens is 1. The number of thiophene rings is 1. The first-order valence-electron chi connectivity index (χ1n) is 6.67. The average molecular weight is 316 g/mol. The van der Waals surface area contributed by atoms with E-state index in [0.29, 0.717) is 12.1 Å². The SMILES string of the molecule is CC(N[C@H](C)C1CCCCC1)c1cc(Br)cs1. The van der Waals surface area contributed by atoms with Gasteiger partial charge in [-0.2, -0.15) is 0 Å². The third-order valence-electron chi connectivity index (χ3n) is 3.88. The quantitative estimate of drug-likeness (QED) is 0.812. The predicted molar refractivity (Wildman–Crippen MR) is 79.6 cm³/mol. The van der Waals surface area contributed by atoms with Gasteiger partial charge in [0.25, 0.3) is 0 Å². The summed E-state index contributed by atoms with van der Waals surface area (Å²) >= 11 is 5.36. The van der Waals surface area contributed by atoms with Crippen LogP contribution in [0.2, 0.25) is 0 Å². The van der Waals surface area contributed by atoms with Crippen LogP contribution in [0.4, 0.5) is 0 Å². The van der Waals surface area contributed by atoms with Crippen LogP contribution >= 0.6 is 27.3 Å². The second-order valence-electron chi connectivity index (χ2n) is 5.24. The predicted octanol–water partition coefficient (Wildman–Crippen LogP) is 5.13. The van der Waals surface area contributed by atoms with E-state index in [-0.39, 0.29) is 0 Å². The molecule has 1 aromatic rings. The fourth-order valence-electron chi connectivity index (χ4n) is 2.80. The molecule has 1 aliphatic rings. The maximum absolute atomic E-state index is 3.77. The summed E-state index contributed by atoms with van der Waals surface area (Å²) in [6.07, 6.45) is 7.12. The Bertz CT molecular complexity index is 344. The third kappa shape index (κ3) is 3.80. The molecule has 0 saturated heterocycles. The molecule has 17 heavy (non-hydrogen) atoms. The molecule has 1 aliphatic carbocycles. The fourth-order valence-corrected chi connectivity index (χ4v) is 4.26. The van der Waals surface area contributed by atoms with Crippen LogP contribution in [0, 0.1) is 5.92 Å². The molecule has 2 atom stereocenters. The van der Waals surface area contributed by atoms with Crippen molar-refractivity contribution < 1.29 is 0 Å². The minimum atomic E-state index is 0.475. The topological polar surface area (TPSA) is 12.0 Å². The maximum Gasteiger partial charge on any atom is 0.0388 e. The van der Waals surface area contributed by atoms with Gasteiger partial charge in [0.2, 0.25) is 0 Å². The summed E-state index contributed by atoms with van der Waals surface area (Å²) in [5.74, 6) is 0.884. The molecule has 1 fully saturated rings. The van der Waals surface area contributed by atoms with Gasteiger partial charge in [0, 0.05) is 26.8 Å². The minimum absolute atomic E-state index is 0.475. The first-order valence-corrected chi connectivity index (χ1v) is 8.34. The molecular weight excluding hydrogens is 294 g/mol. The Labute approximate surface area is 117 Å². The molecule has 0 amide bonds. The molecule has 1 N–H and O–H groups in total. The summed E-state index contributed by atoms with van der Waals surface area (Å²) in [4.78, 5) is 1.43. The van der Waals surface area contributed by atoms with Crippen LogP contribution in [0.25, 0.3) is 0 Å². The first-order chi connectivity index (χ1) is 8.16. The van der Waals surface area contributed by atoms with E-state index in [2.05, 4.69) is 46.5 Å². The summed E-state index contributed by atoms with van der Waals surface area (Å²) < 4.78 is 1.21. The van der Waals surface area contributed by atoms with Gasteiger partial charge in [-0.25, -0.2) is 0 Å². The van der Waals surface area contributed by atoms with Crippen LogP contribution in [0.5, 0.6) is 0 Å². The second-order valence-corrected chi connectivity index (χ2v) is 7.10. The molecular formula is C14H22BrNS. The van der Waals surface area contributed by atoms with Crippen LogP contribution in [0.3, 0.4) is 0 Å². The molecule has 1 saturated carbocycles. The Morgan fingerprint density at radius 3 is 2.59 bits per heavy atom. The highest BCUT2D eigenvalue weighted by atomic mass is 79.9. The summed E-state index contributed by atoms with van der Waals surface area (Å²) in [5, 5.41) is 5.93. The molecule has 0 bridgehead atoms. The van der Waals surface area contributed by atoms with Crippen molar-refractivity contribution in [3.63, 3.8) is 0 Å². The number of hydrogen-bond acceptors (Lipinski definition) is 2. The van der Waals surface area contributed by atoms with Gasteiger partial charge in [-0.15, -0.1) is 11.3 Å². The molecule has 96 valence electrons. The lowest BCUT2D eigenvalue weighted by atomic mass is 9.84. The Balaban J connectivity index is 1.87. The zero-order chi connectivity index (χ0) is 12.3. The van der Waals surface area contributed by atoms with E-state index in [0.717, 1.165) is 5.92 Å². The van der Waals surface area contributed by atoms with Crippen molar-refractivity contribution in [3.05, 3.63) is 20.8 Å². The van der Waals surface area contributed by atoms with Gasteiger partial charge in [-0.1, -0.05) is 19.3 Å². The molecule has 0 radical (unpaired) electrons. The summed E-state index contributed by atoms with van der Waals surface area (Å²) in [6.45, 7) is 4.63. The van der Waals surface area contributed by atoms with Gasteiger partial charge in [0.1, 0.15) is 0 Å². The zero-order valence-electron chi connectivity index (χ0n) is 10.7. The summed E-state index contributed by atoms with van der Waals surface area (Å²) in [5.41, 5.74) is 0. The van der Waals surface area contributed by atoms with Gasteiger partial charge in [-0.3, -0.25) is 0 Å². The van der Waals surface area contributed by atoms with Crippen molar-refractivity contribution in [2.45, 2.75) is 58.0 Å². The highest BCUT2D eigenvalue weighted by molar-refractivity contribution is 9.10. The van der Waals surface area contributed by atoms with Crippen LogP contribution in [0.15, 0.2) is 15.9 Å². The first kappa shape index (κ1) is 13.6. The fraction of sp³-hybridized carbons (Fsp3) is 0.714. The molecule has 0 aromatic carbocycles. The van der Waals surface area contributed by atoms with E-state index in [9.17, 15) is 0 Å². The van der Waals surface area contributed by atoms with Crippen molar-refractivity contribution in [2.24, 2.45) is 5.92 Å². The van der Waals surface area contributed by atoms with Gasteiger partial charge in [-0.05, 0) is 54.6 Å². The highest BCUT2D eigenvalue weighted by Gasteiger charge is 2.21. The lowest BCUT2D eigenvalue weighted by Crippen LogP contribution is -2.36. The van der Waals surface area contributed by atoms with E-state index >= 15 is 0 Å². The van der Waals surface area contributed by atoms with Crippen LogP contribution in [-0.4, -0.2) is 6.04 Å². The zero-order valence-corrected chi connectivity index (χ0v) is 13.1. The van der Waals surface area contributed by atoms with E-state index in [1.807, 2.05) is 11.3 Å². The van der Waals surface area contributed by atoms with Crippen LogP contribution in [0.1, 0.15) is 56.9 Å². The van der Waals surface area contributed by atoms with Gasteiger partial charge in [0.15, 0.2) is 0 Å². The second kappa shape index (κ2) is 6.35. The molecule has 1 nitrogen and oxygen atoms in total. The number of rotatable bonds is 4. The lowest BCUT2D eigenvalue weighted by Gasteiger charge is -2.30. The third-order valence-corrected chi connectivity index (χ3v) is 5.76. The maximum atomic E-state index is 3.77. The minimum Gasteiger partial charge on any atom is -0.307 e. The largest absolute Gasteiger partial charge is 0.307 e. The highest BCUT2D eigenvalue weighted by Crippen LogP contribution is 2.29. The standard InChI is InChI=1S/C14H22BrNS/c1-10(12-6-4-3-5-7-12)16-11(2)14-8-13(15)9-17-14/h8-12,16H,3-7H2,1-2H3/t10-,11?/m1/s1. The number of hydrogen-bond donors (Lipinski definition) is 1. The smallest absolute Gasteiger partial charge is 0.0388 e. The van der Waals surface area contributed by atoms with E-state index in [4.69, 9.17) is 0 Å². The van der Waals surface area contributed by atoms with Gasteiger partial charge >= 0.3 is 0 Å². The van der Waals surface area contributed by atoms with Crippen LogP contribution < -0.4 is 5.32 Å². The molecule has 0 aliphatic heterocycles. The number of nitrogens with one attached hydrogen (secondary N) is 1. The molecule has 1 aromatic heterocycles. The van der Waals surface area contributed by atoms with Crippen LogP contribution in [-0.2, 0) is 0 Å². The summed E-state index contributed by atoms with van der Waals surface area (Å²) in [7, 11) is 0. The van der Waals surface area contributed by atoms with E-state index < -0.39 is 0 Å². The molecule has 2 rings (SSSR count). The normalized spacial score (nSPS) is 21.4. The molecule has 3 heteroatoms. The summed E-state index contributed by atoms with van der Waals surface area (Å²) in [6, 6.07) is 3.35. The molecule has 1 heterocycles. The van der Waals surface area contributed by atoms with Gasteiger partial charge in [0.05, 0.1) is 0 Å². The molecule has 1 unspecified atom stereocenters. The van der Waals surface area contributed by atoms with Crippen molar-refractivity contribution in [1.82, 2.24) is 5.32 Å².